The summed E-state index contributed by atoms with van der Waals surface area (Å²) in [6, 6.07) is 11.1. The van der Waals surface area contributed by atoms with Crippen LogP contribution in [-0.2, 0) is 6.42 Å². The summed E-state index contributed by atoms with van der Waals surface area (Å²) in [6.07, 6.45) is 0.735. The first-order valence-electron chi connectivity index (χ1n) is 7.91. The zero-order valence-electron chi connectivity index (χ0n) is 13.8. The highest BCUT2D eigenvalue weighted by molar-refractivity contribution is 7.80. The van der Waals surface area contributed by atoms with Gasteiger partial charge in [0.1, 0.15) is 10.7 Å². The molecule has 4 rings (SSSR count). The van der Waals surface area contributed by atoms with Gasteiger partial charge in [-0.15, -0.1) is 0 Å². The van der Waals surface area contributed by atoms with E-state index in [-0.39, 0.29) is 11.7 Å². The number of aromatic hydroxyl groups is 1. The molecule has 0 spiro atoms. The molecule has 1 atom stereocenters. The van der Waals surface area contributed by atoms with Crippen LogP contribution in [0.25, 0.3) is 0 Å². The third-order valence-corrected chi connectivity index (χ3v) is 4.77. The fraction of sp³-hybridized carbons (Fsp3) is 0.211. The number of methoxy groups -OCH3 is 1. The summed E-state index contributed by atoms with van der Waals surface area (Å²) >= 11 is 5.49. The van der Waals surface area contributed by atoms with Crippen LogP contribution in [0.15, 0.2) is 46.4 Å². The summed E-state index contributed by atoms with van der Waals surface area (Å²) in [5.41, 5.74) is 2.84. The van der Waals surface area contributed by atoms with Gasteiger partial charge in [-0.3, -0.25) is 0 Å². The second-order valence-corrected chi connectivity index (χ2v) is 6.45. The highest BCUT2D eigenvalue weighted by atomic mass is 32.1. The molecule has 1 unspecified atom stereocenters. The number of para-hydroxylation sites is 1. The number of thiocarbonyl (C=S) groups is 1. The Labute approximate surface area is 150 Å². The molecule has 0 amide bonds. The van der Waals surface area contributed by atoms with Crippen LogP contribution < -0.4 is 9.47 Å². The second-order valence-electron chi connectivity index (χ2n) is 6.03. The van der Waals surface area contributed by atoms with E-state index in [0.29, 0.717) is 28.0 Å². The van der Waals surface area contributed by atoms with Gasteiger partial charge in [0.05, 0.1) is 13.0 Å². The number of amidine groups is 1. The van der Waals surface area contributed by atoms with E-state index in [0.717, 1.165) is 23.3 Å². The summed E-state index contributed by atoms with van der Waals surface area (Å²) in [7, 11) is 1.50. The molecule has 0 radical (unpaired) electrons. The minimum absolute atomic E-state index is 0.0293. The van der Waals surface area contributed by atoms with Gasteiger partial charge in [0, 0.05) is 5.56 Å². The molecule has 2 heterocycles. The topological polar surface area (TPSA) is 63.4 Å². The summed E-state index contributed by atoms with van der Waals surface area (Å²) in [4.78, 5) is 9.57. The van der Waals surface area contributed by atoms with Crippen molar-refractivity contribution in [1.82, 2.24) is 0 Å². The van der Waals surface area contributed by atoms with Crippen LogP contribution in [-0.4, -0.2) is 28.9 Å². The Bertz CT molecular complexity index is 950. The van der Waals surface area contributed by atoms with E-state index < -0.39 is 0 Å². The Kier molecular flexibility index (Phi) is 3.77. The van der Waals surface area contributed by atoms with Crippen molar-refractivity contribution in [2.75, 3.05) is 7.11 Å². The lowest BCUT2D eigenvalue weighted by Gasteiger charge is -2.29. The maximum Gasteiger partial charge on any atom is 0.207 e. The molecule has 0 aromatic heterocycles. The summed E-state index contributed by atoms with van der Waals surface area (Å²) in [5.74, 6) is 2.14. The van der Waals surface area contributed by atoms with Gasteiger partial charge in [-0.1, -0.05) is 30.4 Å². The fourth-order valence-electron chi connectivity index (χ4n) is 3.07. The predicted molar refractivity (Wildman–Crippen MR) is 100 cm³/mol. The molecular weight excluding hydrogens is 336 g/mol. The highest BCUT2D eigenvalue weighted by Crippen LogP contribution is 2.34. The minimum Gasteiger partial charge on any atom is -0.504 e. The first-order chi connectivity index (χ1) is 12.1. The molecule has 2 aromatic rings. The molecule has 2 aliphatic heterocycles. The fourth-order valence-corrected chi connectivity index (χ4v) is 3.34. The lowest BCUT2D eigenvalue weighted by molar-refractivity contribution is 0.373. The molecule has 6 heteroatoms. The van der Waals surface area contributed by atoms with E-state index in [1.54, 1.807) is 18.2 Å². The van der Waals surface area contributed by atoms with E-state index in [4.69, 9.17) is 21.7 Å². The third-order valence-electron chi connectivity index (χ3n) is 4.39. The number of rotatable bonds is 2. The van der Waals surface area contributed by atoms with Gasteiger partial charge >= 0.3 is 0 Å². The molecule has 5 nitrogen and oxygen atoms in total. The van der Waals surface area contributed by atoms with Crippen molar-refractivity contribution in [1.29, 1.82) is 0 Å². The van der Waals surface area contributed by atoms with E-state index in [9.17, 15) is 5.11 Å². The van der Waals surface area contributed by atoms with Crippen molar-refractivity contribution in [3.8, 4) is 17.2 Å². The molecule has 126 valence electrons. The normalized spacial score (nSPS) is 18.5. The van der Waals surface area contributed by atoms with Gasteiger partial charge < -0.3 is 14.6 Å². The van der Waals surface area contributed by atoms with Gasteiger partial charge in [0.2, 0.25) is 5.90 Å². The van der Waals surface area contributed by atoms with E-state index in [2.05, 4.69) is 9.98 Å². The number of aliphatic imine (C=N–C) groups is 2. The number of fused-ring (bicyclic) bond motifs is 2. The monoisotopic (exact) mass is 352 g/mol. The van der Waals surface area contributed by atoms with E-state index >= 15 is 0 Å². The van der Waals surface area contributed by atoms with Crippen LogP contribution >= 0.6 is 12.2 Å². The molecule has 2 aliphatic rings. The third kappa shape index (κ3) is 2.68. The molecule has 0 saturated carbocycles. The first kappa shape index (κ1) is 15.8. The Hall–Kier alpha value is -2.73. The number of benzene rings is 2. The standard InChI is InChI=1S/C19H16N2O3S/c1-10-4-3-5-11-8-13-18(24-16(10)11)20-17(21-19(13)25)12-6-7-15(23-2)14(22)9-12/h3-7,9,13,22H,8H2,1-2H3. The minimum atomic E-state index is -0.125. The zero-order valence-corrected chi connectivity index (χ0v) is 14.6. The quantitative estimate of drug-likeness (QED) is 0.841. The van der Waals surface area contributed by atoms with Crippen molar-refractivity contribution < 1.29 is 14.6 Å². The van der Waals surface area contributed by atoms with Gasteiger partial charge in [-0.25, -0.2) is 4.99 Å². The Morgan fingerprint density at radius 3 is 2.84 bits per heavy atom. The number of phenolic OH excluding ortho intramolecular Hbond substituents is 1. The van der Waals surface area contributed by atoms with Crippen molar-refractivity contribution in [2.24, 2.45) is 15.9 Å². The van der Waals surface area contributed by atoms with Crippen molar-refractivity contribution in [2.45, 2.75) is 13.3 Å². The molecule has 0 saturated heterocycles. The molecule has 0 bridgehead atoms. The van der Waals surface area contributed by atoms with Crippen LogP contribution in [0, 0.1) is 12.8 Å². The van der Waals surface area contributed by atoms with Gasteiger partial charge in [0.25, 0.3) is 0 Å². The van der Waals surface area contributed by atoms with Crippen molar-refractivity contribution in [3.63, 3.8) is 0 Å². The van der Waals surface area contributed by atoms with Crippen LogP contribution in [0.3, 0.4) is 0 Å². The Morgan fingerprint density at radius 2 is 2.08 bits per heavy atom. The maximum absolute atomic E-state index is 9.99. The molecule has 0 aliphatic carbocycles. The first-order valence-corrected chi connectivity index (χ1v) is 8.32. The average Bonchev–Trinajstić information content (AvgIpc) is 2.61. The molecule has 25 heavy (non-hydrogen) atoms. The molecule has 2 aromatic carbocycles. The van der Waals surface area contributed by atoms with Crippen LogP contribution in [0.1, 0.15) is 16.7 Å². The van der Waals surface area contributed by atoms with E-state index in [1.165, 1.54) is 7.11 Å². The number of nitrogens with zero attached hydrogens (tertiary/aromatic N) is 2. The number of ether oxygens (including phenoxy) is 2. The van der Waals surface area contributed by atoms with Crippen molar-refractivity contribution >= 4 is 28.9 Å². The second kappa shape index (κ2) is 5.97. The largest absolute Gasteiger partial charge is 0.504 e. The molecule has 0 fully saturated rings. The lowest BCUT2D eigenvalue weighted by Crippen LogP contribution is -2.36. The van der Waals surface area contributed by atoms with Gasteiger partial charge in [-0.2, -0.15) is 4.99 Å². The highest BCUT2D eigenvalue weighted by Gasteiger charge is 2.34. The molecule has 1 N–H and O–H groups in total. The maximum atomic E-state index is 9.99. The summed E-state index contributed by atoms with van der Waals surface area (Å²) in [6.45, 7) is 2.01. The summed E-state index contributed by atoms with van der Waals surface area (Å²) < 4.78 is 11.1. The number of hydrogen-bond donors (Lipinski definition) is 1. The summed E-state index contributed by atoms with van der Waals surface area (Å²) in [5, 5.41) is 9.99. The lowest BCUT2D eigenvalue weighted by atomic mass is 9.93. The van der Waals surface area contributed by atoms with Crippen LogP contribution in [0.5, 0.6) is 17.2 Å². The molecular formula is C19H16N2O3S. The van der Waals surface area contributed by atoms with Crippen molar-refractivity contribution in [3.05, 3.63) is 53.1 Å². The number of aryl methyl sites for hydroxylation is 1. The smallest absolute Gasteiger partial charge is 0.207 e. The number of phenols is 1. The zero-order chi connectivity index (χ0) is 17.6. The predicted octanol–water partition coefficient (Wildman–Crippen LogP) is 3.45. The van der Waals surface area contributed by atoms with Crippen LogP contribution in [0.4, 0.5) is 0 Å². The Balaban J connectivity index is 1.73. The number of hydrogen-bond acceptors (Lipinski definition) is 5. The average molecular weight is 352 g/mol. The Morgan fingerprint density at radius 1 is 1.24 bits per heavy atom. The van der Waals surface area contributed by atoms with Crippen LogP contribution in [0.2, 0.25) is 0 Å². The van der Waals surface area contributed by atoms with E-state index in [1.807, 2.05) is 25.1 Å². The van der Waals surface area contributed by atoms with Gasteiger partial charge in [-0.05, 0) is 42.7 Å². The SMILES string of the molecule is COc1ccc(C2=NC(=S)C3Cc4cccc(C)c4OC3=N2)cc1O. The van der Waals surface area contributed by atoms with Gasteiger partial charge in [0.15, 0.2) is 17.3 Å².